The number of carbonyl (C=O) groups excluding carboxylic acids is 1. The predicted octanol–water partition coefficient (Wildman–Crippen LogP) is 1.56. The molecule has 1 aliphatic carbocycles. The topological polar surface area (TPSA) is 63.2 Å². The first-order valence-corrected chi connectivity index (χ1v) is 9.01. The lowest BCUT2D eigenvalue weighted by atomic mass is 10.0. The van der Waals surface area contributed by atoms with Crippen LogP contribution in [0.15, 0.2) is 30.3 Å². The maximum Gasteiger partial charge on any atom is 0.221 e. The van der Waals surface area contributed by atoms with Gasteiger partial charge in [0.25, 0.3) is 0 Å². The molecule has 0 aliphatic heterocycles. The van der Waals surface area contributed by atoms with Crippen LogP contribution in [-0.2, 0) is 21.1 Å². The predicted molar refractivity (Wildman–Crippen MR) is 79.1 cm³/mol. The zero-order valence-corrected chi connectivity index (χ0v) is 12.5. The molecular weight excluding hydrogens is 274 g/mol. The van der Waals surface area contributed by atoms with Crippen molar-refractivity contribution in [3.05, 3.63) is 35.9 Å². The number of carbonyl (C=O) groups is 1. The second kappa shape index (κ2) is 6.39. The van der Waals surface area contributed by atoms with Crippen LogP contribution in [0.2, 0.25) is 0 Å². The van der Waals surface area contributed by atoms with Crippen molar-refractivity contribution in [2.75, 3.05) is 12.0 Å². The number of hydrogen-bond donors (Lipinski definition) is 1. The lowest BCUT2D eigenvalue weighted by molar-refractivity contribution is -0.121. The molecule has 4 nitrogen and oxygen atoms in total. The van der Waals surface area contributed by atoms with Crippen LogP contribution in [0.1, 0.15) is 24.8 Å². The first-order chi connectivity index (χ1) is 9.44. The van der Waals surface area contributed by atoms with E-state index in [0.29, 0.717) is 5.92 Å². The number of amides is 1. The molecule has 1 amide bonds. The van der Waals surface area contributed by atoms with Gasteiger partial charge < -0.3 is 5.32 Å². The van der Waals surface area contributed by atoms with Gasteiger partial charge in [-0.3, -0.25) is 4.79 Å². The zero-order chi connectivity index (χ0) is 14.6. The fraction of sp³-hybridized carbons (Fsp3) is 0.533. The molecule has 2 rings (SSSR count). The summed E-state index contributed by atoms with van der Waals surface area (Å²) in [7, 11) is -3.08. The molecule has 0 aromatic heterocycles. The van der Waals surface area contributed by atoms with Crippen LogP contribution < -0.4 is 5.32 Å². The van der Waals surface area contributed by atoms with Crippen molar-refractivity contribution in [1.82, 2.24) is 5.32 Å². The Bertz CT molecular complexity index is 550. The number of benzene rings is 1. The van der Waals surface area contributed by atoms with E-state index in [2.05, 4.69) is 17.4 Å². The van der Waals surface area contributed by atoms with Gasteiger partial charge in [0.1, 0.15) is 9.84 Å². The molecule has 0 unspecified atom stereocenters. The van der Waals surface area contributed by atoms with E-state index in [9.17, 15) is 13.2 Å². The van der Waals surface area contributed by atoms with E-state index in [4.69, 9.17) is 0 Å². The first-order valence-electron chi connectivity index (χ1n) is 6.95. The summed E-state index contributed by atoms with van der Waals surface area (Å²) in [5.41, 5.74) is 1.20. The lowest BCUT2D eigenvalue weighted by Crippen LogP contribution is -2.38. The molecule has 1 N–H and O–H groups in total. The smallest absolute Gasteiger partial charge is 0.221 e. The van der Waals surface area contributed by atoms with Gasteiger partial charge >= 0.3 is 0 Å². The van der Waals surface area contributed by atoms with Crippen molar-refractivity contribution in [2.24, 2.45) is 5.92 Å². The molecule has 5 heteroatoms. The van der Waals surface area contributed by atoms with Crippen LogP contribution in [0.5, 0.6) is 0 Å². The van der Waals surface area contributed by atoms with Crippen molar-refractivity contribution in [3.63, 3.8) is 0 Å². The molecule has 0 radical (unpaired) electrons. The van der Waals surface area contributed by atoms with Crippen molar-refractivity contribution >= 4 is 15.7 Å². The van der Waals surface area contributed by atoms with E-state index in [1.54, 1.807) is 0 Å². The van der Waals surface area contributed by atoms with Gasteiger partial charge in [-0.1, -0.05) is 30.3 Å². The van der Waals surface area contributed by atoms with Gasteiger partial charge in [0.2, 0.25) is 5.91 Å². The minimum absolute atomic E-state index is 0.0524. The zero-order valence-electron chi connectivity index (χ0n) is 11.7. The molecule has 0 bridgehead atoms. The quantitative estimate of drug-likeness (QED) is 0.830. The first kappa shape index (κ1) is 15.0. The van der Waals surface area contributed by atoms with Crippen molar-refractivity contribution < 1.29 is 13.2 Å². The summed E-state index contributed by atoms with van der Waals surface area (Å²) >= 11 is 0. The second-order valence-electron chi connectivity index (χ2n) is 5.58. The van der Waals surface area contributed by atoms with Gasteiger partial charge in [-0.15, -0.1) is 0 Å². The normalized spacial score (nSPS) is 16.6. The average molecular weight is 295 g/mol. The third kappa shape index (κ3) is 5.33. The molecule has 1 saturated carbocycles. The molecule has 0 heterocycles. The molecule has 1 aromatic rings. The molecule has 1 aromatic carbocycles. The fourth-order valence-corrected chi connectivity index (χ4v) is 2.82. The van der Waals surface area contributed by atoms with Gasteiger partial charge in [0, 0.05) is 18.7 Å². The van der Waals surface area contributed by atoms with Crippen LogP contribution in [0.25, 0.3) is 0 Å². The van der Waals surface area contributed by atoms with Crippen LogP contribution in [-0.4, -0.2) is 32.4 Å². The van der Waals surface area contributed by atoms with E-state index in [1.807, 2.05) is 18.2 Å². The summed E-state index contributed by atoms with van der Waals surface area (Å²) in [6.07, 6.45) is 4.31. The van der Waals surface area contributed by atoms with Gasteiger partial charge in [0.15, 0.2) is 0 Å². The molecule has 1 fully saturated rings. The highest BCUT2D eigenvalue weighted by Gasteiger charge is 2.32. The Kier molecular flexibility index (Phi) is 4.81. The average Bonchev–Trinajstić information content (AvgIpc) is 3.20. The van der Waals surface area contributed by atoms with E-state index in [1.165, 1.54) is 5.56 Å². The van der Waals surface area contributed by atoms with Crippen LogP contribution in [0.3, 0.4) is 0 Å². The van der Waals surface area contributed by atoms with Crippen molar-refractivity contribution in [3.8, 4) is 0 Å². The third-order valence-electron chi connectivity index (χ3n) is 3.54. The highest BCUT2D eigenvalue weighted by atomic mass is 32.2. The minimum Gasteiger partial charge on any atom is -0.353 e. The Morgan fingerprint density at radius 3 is 2.50 bits per heavy atom. The molecule has 110 valence electrons. The number of sulfone groups is 1. The minimum atomic E-state index is -3.08. The van der Waals surface area contributed by atoms with E-state index < -0.39 is 9.84 Å². The molecule has 1 aliphatic rings. The molecule has 0 saturated heterocycles. The molecule has 0 spiro atoms. The Morgan fingerprint density at radius 1 is 1.30 bits per heavy atom. The van der Waals surface area contributed by atoms with E-state index in [0.717, 1.165) is 25.5 Å². The summed E-state index contributed by atoms with van der Waals surface area (Å²) in [6.45, 7) is 0. The summed E-state index contributed by atoms with van der Waals surface area (Å²) in [5, 5.41) is 3.00. The largest absolute Gasteiger partial charge is 0.353 e. The number of rotatable bonds is 7. The molecular formula is C15H21NO3S. The van der Waals surface area contributed by atoms with Gasteiger partial charge in [-0.2, -0.15) is 0 Å². The highest BCUT2D eigenvalue weighted by molar-refractivity contribution is 7.90. The fourth-order valence-electron chi connectivity index (χ4n) is 2.26. The van der Waals surface area contributed by atoms with Crippen molar-refractivity contribution in [1.29, 1.82) is 0 Å². The summed E-state index contributed by atoms with van der Waals surface area (Å²) in [5.74, 6) is 0.294. The van der Waals surface area contributed by atoms with Gasteiger partial charge in [0.05, 0.1) is 5.75 Å². The van der Waals surface area contributed by atoms with Crippen molar-refractivity contribution in [2.45, 2.75) is 31.7 Å². The van der Waals surface area contributed by atoms with Crippen LogP contribution >= 0.6 is 0 Å². The number of nitrogens with one attached hydrogen (secondary N) is 1. The van der Waals surface area contributed by atoms with Crippen LogP contribution in [0.4, 0.5) is 0 Å². The highest BCUT2D eigenvalue weighted by Crippen LogP contribution is 2.34. The maximum absolute atomic E-state index is 11.8. The maximum atomic E-state index is 11.8. The van der Waals surface area contributed by atoms with E-state index >= 15 is 0 Å². The monoisotopic (exact) mass is 295 g/mol. The molecule has 1 atom stereocenters. The third-order valence-corrected chi connectivity index (χ3v) is 4.48. The summed E-state index contributed by atoms with van der Waals surface area (Å²) in [6, 6.07) is 10.2. The summed E-state index contributed by atoms with van der Waals surface area (Å²) < 4.78 is 22.2. The second-order valence-corrected chi connectivity index (χ2v) is 7.84. The van der Waals surface area contributed by atoms with E-state index in [-0.39, 0.29) is 24.1 Å². The molecule has 20 heavy (non-hydrogen) atoms. The Hall–Kier alpha value is -1.36. The van der Waals surface area contributed by atoms with Gasteiger partial charge in [-0.25, -0.2) is 8.42 Å². The summed E-state index contributed by atoms with van der Waals surface area (Å²) in [4.78, 5) is 11.8. The standard InChI is InChI=1S/C15H21NO3S/c1-20(18,19)10-9-15(17)16-14(13-7-8-13)11-12-5-3-2-4-6-12/h2-6,13-14H,7-11H2,1H3,(H,16,17)/t14-/m0/s1. The Labute approximate surface area is 120 Å². The number of hydrogen-bond acceptors (Lipinski definition) is 3. The Balaban J connectivity index is 1.88. The SMILES string of the molecule is CS(=O)(=O)CCC(=O)N[C@@H](Cc1ccccc1)C1CC1. The van der Waals surface area contributed by atoms with Gasteiger partial charge in [-0.05, 0) is 30.7 Å². The van der Waals surface area contributed by atoms with Crippen LogP contribution in [0, 0.1) is 5.92 Å². The Morgan fingerprint density at radius 2 is 1.95 bits per heavy atom. The lowest BCUT2D eigenvalue weighted by Gasteiger charge is -2.18.